The van der Waals surface area contributed by atoms with Crippen molar-refractivity contribution in [3.63, 3.8) is 0 Å². The number of nitrogens with one attached hydrogen (secondary N) is 2. The molecular weight excluding hydrogens is 330 g/mol. The van der Waals surface area contributed by atoms with E-state index in [0.29, 0.717) is 22.8 Å². The summed E-state index contributed by atoms with van der Waals surface area (Å²) in [5.41, 5.74) is 2.83. The predicted octanol–water partition coefficient (Wildman–Crippen LogP) is 4.44. The Labute approximate surface area is 154 Å². The van der Waals surface area contributed by atoms with Gasteiger partial charge in [-0.25, -0.2) is 0 Å². The summed E-state index contributed by atoms with van der Waals surface area (Å²) < 4.78 is 0.462. The van der Waals surface area contributed by atoms with Crippen LogP contribution in [0, 0.1) is 4.64 Å². The third-order valence-electron chi connectivity index (χ3n) is 4.98. The molecule has 0 radical (unpaired) electrons. The lowest BCUT2D eigenvalue weighted by atomic mass is 9.94. The Morgan fingerprint density at radius 1 is 1.20 bits per heavy atom. The number of H-pyrrole nitrogens is 1. The Balaban J connectivity index is 1.58. The average Bonchev–Trinajstić information content (AvgIpc) is 2.67. The quantitative estimate of drug-likeness (QED) is 0.780. The van der Waals surface area contributed by atoms with Crippen LogP contribution in [-0.4, -0.2) is 24.0 Å². The average molecular weight is 356 g/mol. The molecule has 1 aromatic carbocycles. The minimum atomic E-state index is -0.148. The van der Waals surface area contributed by atoms with E-state index in [4.69, 9.17) is 12.2 Å². The topological polar surface area (TPSA) is 48.1 Å². The smallest absolute Gasteiger partial charge is 0.254 e. The lowest BCUT2D eigenvalue weighted by Crippen LogP contribution is -2.33. The zero-order chi connectivity index (χ0) is 17.6. The van der Waals surface area contributed by atoms with Crippen LogP contribution < -0.4 is 10.2 Å². The molecule has 4 nitrogen and oxygen atoms in total. The molecule has 2 N–H and O–H groups in total. The summed E-state index contributed by atoms with van der Waals surface area (Å²) >= 11 is 5.15. The summed E-state index contributed by atoms with van der Waals surface area (Å²) in [6.45, 7) is 0.496. The molecule has 0 atom stereocenters. The van der Waals surface area contributed by atoms with Gasteiger partial charge in [0.1, 0.15) is 4.64 Å². The van der Waals surface area contributed by atoms with Crippen molar-refractivity contribution in [1.29, 1.82) is 0 Å². The van der Waals surface area contributed by atoms with Crippen molar-refractivity contribution in [3.05, 3.63) is 58.4 Å². The van der Waals surface area contributed by atoms with Crippen molar-refractivity contribution in [2.24, 2.45) is 0 Å². The van der Waals surface area contributed by atoms with Gasteiger partial charge >= 0.3 is 0 Å². The van der Waals surface area contributed by atoms with Crippen LogP contribution >= 0.6 is 12.2 Å². The second-order valence-corrected chi connectivity index (χ2v) is 7.07. The van der Waals surface area contributed by atoms with Gasteiger partial charge in [-0.2, -0.15) is 0 Å². The number of amides is 1. The second kappa shape index (κ2) is 8.30. The molecule has 132 valence electrons. The van der Waals surface area contributed by atoms with E-state index in [1.54, 1.807) is 18.3 Å². The van der Waals surface area contributed by atoms with Gasteiger partial charge in [0.15, 0.2) is 0 Å². The fraction of sp³-hybridized carbons (Fsp3) is 0.400. The van der Waals surface area contributed by atoms with Crippen LogP contribution in [0.15, 0.2) is 42.6 Å². The third-order valence-corrected chi connectivity index (χ3v) is 5.32. The van der Waals surface area contributed by atoms with E-state index in [1.165, 1.54) is 37.8 Å². The Kier molecular flexibility index (Phi) is 5.87. The zero-order valence-electron chi connectivity index (χ0n) is 14.6. The van der Waals surface area contributed by atoms with Crippen molar-refractivity contribution in [1.82, 2.24) is 10.3 Å². The molecule has 5 heteroatoms. The molecule has 25 heavy (non-hydrogen) atoms. The summed E-state index contributed by atoms with van der Waals surface area (Å²) in [6, 6.07) is 12.6. The van der Waals surface area contributed by atoms with E-state index in [0.717, 1.165) is 5.56 Å². The summed E-state index contributed by atoms with van der Waals surface area (Å²) in [4.78, 5) is 17.5. The van der Waals surface area contributed by atoms with Gasteiger partial charge in [0.2, 0.25) is 0 Å². The fourth-order valence-electron chi connectivity index (χ4n) is 3.41. The van der Waals surface area contributed by atoms with Gasteiger partial charge in [0.05, 0.1) is 5.56 Å². The number of carbonyl (C=O) groups excluding carboxylic acids is 1. The maximum Gasteiger partial charge on any atom is 0.254 e. The summed E-state index contributed by atoms with van der Waals surface area (Å²) in [6.07, 6.45) is 8.33. The van der Waals surface area contributed by atoms with E-state index in [2.05, 4.69) is 46.5 Å². The lowest BCUT2D eigenvalue weighted by Gasteiger charge is -2.33. The molecule has 3 rings (SSSR count). The number of rotatable bonds is 5. The number of benzene rings is 1. The summed E-state index contributed by atoms with van der Waals surface area (Å²) in [5.74, 6) is -0.148. The normalized spacial score (nSPS) is 14.9. The van der Waals surface area contributed by atoms with Crippen LogP contribution in [0.3, 0.4) is 0 Å². The molecule has 0 unspecified atom stereocenters. The summed E-state index contributed by atoms with van der Waals surface area (Å²) in [7, 11) is 2.18. The van der Waals surface area contributed by atoms with E-state index < -0.39 is 0 Å². The van der Waals surface area contributed by atoms with Crippen LogP contribution in [0.25, 0.3) is 0 Å². The number of nitrogens with zero attached hydrogens (tertiary/aromatic N) is 1. The molecule has 1 aromatic heterocycles. The van der Waals surface area contributed by atoms with Gasteiger partial charge < -0.3 is 15.2 Å². The van der Waals surface area contributed by atoms with Crippen LogP contribution in [0.4, 0.5) is 5.69 Å². The standard InChI is InChI=1S/C20H25N3OS/c1-23(16-6-3-2-4-7-16)17-11-9-15(10-12-17)14-22-19(24)18-8-5-13-21-20(18)25/h5,8-13,16H,2-4,6-7,14H2,1H3,(H,21,25)(H,22,24). The van der Waals surface area contributed by atoms with E-state index in [-0.39, 0.29) is 5.91 Å². The maximum atomic E-state index is 12.2. The molecule has 1 heterocycles. The number of anilines is 1. The first-order chi connectivity index (χ1) is 12.1. The number of hydrogen-bond acceptors (Lipinski definition) is 3. The third kappa shape index (κ3) is 4.48. The van der Waals surface area contributed by atoms with E-state index in [9.17, 15) is 4.79 Å². The molecule has 0 bridgehead atoms. The van der Waals surface area contributed by atoms with Gasteiger partial charge in [-0.3, -0.25) is 4.79 Å². The van der Waals surface area contributed by atoms with Crippen molar-refractivity contribution in [2.45, 2.75) is 44.7 Å². The van der Waals surface area contributed by atoms with Crippen LogP contribution in [0.1, 0.15) is 48.0 Å². The Bertz CT molecular complexity index is 763. The first kappa shape index (κ1) is 17.7. The molecule has 1 saturated carbocycles. The highest BCUT2D eigenvalue weighted by Crippen LogP contribution is 2.26. The van der Waals surface area contributed by atoms with Crippen molar-refractivity contribution in [3.8, 4) is 0 Å². The van der Waals surface area contributed by atoms with Crippen molar-refractivity contribution >= 4 is 23.8 Å². The molecule has 1 aliphatic carbocycles. The fourth-order valence-corrected chi connectivity index (χ4v) is 3.63. The number of hydrogen-bond donors (Lipinski definition) is 2. The largest absolute Gasteiger partial charge is 0.372 e. The predicted molar refractivity (Wildman–Crippen MR) is 105 cm³/mol. The first-order valence-corrected chi connectivity index (χ1v) is 9.33. The second-order valence-electron chi connectivity index (χ2n) is 6.66. The molecule has 0 spiro atoms. The van der Waals surface area contributed by atoms with Crippen molar-refractivity contribution in [2.75, 3.05) is 11.9 Å². The van der Waals surface area contributed by atoms with Gasteiger partial charge in [-0.15, -0.1) is 0 Å². The van der Waals surface area contributed by atoms with E-state index >= 15 is 0 Å². The molecular formula is C20H25N3OS. The molecule has 0 aliphatic heterocycles. The van der Waals surface area contributed by atoms with E-state index in [1.807, 2.05) is 0 Å². The highest BCUT2D eigenvalue weighted by Gasteiger charge is 2.18. The highest BCUT2D eigenvalue weighted by molar-refractivity contribution is 7.71. The van der Waals surface area contributed by atoms with Crippen molar-refractivity contribution < 1.29 is 4.79 Å². The Morgan fingerprint density at radius 2 is 1.92 bits per heavy atom. The monoisotopic (exact) mass is 355 g/mol. The first-order valence-electron chi connectivity index (χ1n) is 8.93. The molecule has 1 aliphatic rings. The van der Waals surface area contributed by atoms with Crippen LogP contribution in [0.2, 0.25) is 0 Å². The highest BCUT2D eigenvalue weighted by atomic mass is 32.1. The van der Waals surface area contributed by atoms with Gasteiger partial charge in [0, 0.05) is 31.5 Å². The zero-order valence-corrected chi connectivity index (χ0v) is 15.4. The SMILES string of the molecule is CN(c1ccc(CNC(=O)c2ccc[nH]c2=S)cc1)C1CCCCC1. The van der Waals surface area contributed by atoms with Gasteiger partial charge in [-0.1, -0.05) is 43.6 Å². The molecule has 1 fully saturated rings. The van der Waals surface area contributed by atoms with Gasteiger partial charge in [0.25, 0.3) is 5.91 Å². The Morgan fingerprint density at radius 3 is 2.60 bits per heavy atom. The molecule has 2 aromatic rings. The number of aromatic nitrogens is 1. The Hall–Kier alpha value is -2.14. The molecule has 1 amide bonds. The van der Waals surface area contributed by atoms with Gasteiger partial charge in [-0.05, 0) is 42.7 Å². The number of carbonyl (C=O) groups is 1. The van der Waals surface area contributed by atoms with Crippen LogP contribution in [0.5, 0.6) is 0 Å². The summed E-state index contributed by atoms with van der Waals surface area (Å²) in [5, 5.41) is 2.93. The minimum Gasteiger partial charge on any atom is -0.372 e. The number of pyridine rings is 1. The maximum absolute atomic E-state index is 12.2. The lowest BCUT2D eigenvalue weighted by molar-refractivity contribution is 0.0950. The van der Waals surface area contributed by atoms with Crippen LogP contribution in [-0.2, 0) is 6.54 Å². The minimum absolute atomic E-state index is 0.148. The molecule has 0 saturated heterocycles. The number of aromatic amines is 1.